The van der Waals surface area contributed by atoms with Gasteiger partial charge in [-0.1, -0.05) is 102 Å². The van der Waals surface area contributed by atoms with Gasteiger partial charge in [-0.15, -0.1) is 11.3 Å². The molecule has 8 amide bonds. The van der Waals surface area contributed by atoms with Gasteiger partial charge in [0, 0.05) is 85.5 Å². The third-order valence-electron chi connectivity index (χ3n) is 18.7. The molecule has 0 bridgehead atoms. The summed E-state index contributed by atoms with van der Waals surface area (Å²) in [5, 5.41) is 31.3. The molecule has 1 aliphatic rings. The number of aromatic nitrogens is 1. The maximum absolute atomic E-state index is 14.5. The number of fused-ring (bicyclic) bond motifs is 1. The van der Waals surface area contributed by atoms with Gasteiger partial charge in [-0.05, 0) is 102 Å². The summed E-state index contributed by atoms with van der Waals surface area (Å²) in [7, 11) is 5.20. The van der Waals surface area contributed by atoms with E-state index in [1.54, 1.807) is 50.9 Å². The number of likely N-dealkylation sites (N-methyl/N-ethyl adjacent to an activating group) is 2. The van der Waals surface area contributed by atoms with E-state index in [0.29, 0.717) is 31.2 Å². The fraction of sp³-hybridized carbons (Fsp3) is 0.690. The minimum atomic E-state index is -1.14. The highest BCUT2D eigenvalue weighted by atomic mass is 32.1. The van der Waals surface area contributed by atoms with E-state index in [1.807, 2.05) is 83.1 Å². The summed E-state index contributed by atoms with van der Waals surface area (Å²) in [5.74, 6) is -3.77. The van der Waals surface area contributed by atoms with Crippen LogP contribution in [-0.4, -0.2) is 182 Å². The lowest BCUT2D eigenvalue weighted by Gasteiger charge is -2.38. The van der Waals surface area contributed by atoms with Gasteiger partial charge in [0.15, 0.2) is 11.9 Å². The molecule has 8 N–H and O–H groups in total. The number of esters is 2. The highest BCUT2D eigenvalue weighted by Crippen LogP contribution is 2.35. The summed E-state index contributed by atoms with van der Waals surface area (Å²) >= 11 is 1.05. The average Bonchev–Trinajstić information content (AvgIpc) is 1.17. The number of rotatable bonds is 22. The highest BCUT2D eigenvalue weighted by molar-refractivity contribution is 7.09. The van der Waals surface area contributed by atoms with Crippen molar-refractivity contribution in [2.24, 2.45) is 39.4 Å². The van der Waals surface area contributed by atoms with Gasteiger partial charge in [-0.25, -0.2) is 4.98 Å². The Bertz CT molecular complexity index is 3180. The number of anilines is 1. The molecule has 3 rings (SSSR count). The zero-order chi connectivity index (χ0) is 74.3. The van der Waals surface area contributed by atoms with E-state index in [9.17, 15) is 57.8 Å². The second-order valence-electron chi connectivity index (χ2n) is 29.3. The zero-order valence-corrected chi connectivity index (χ0v) is 62.4. The number of ether oxygens (including phenoxy) is 4. The molecule has 26 nitrogen and oxygen atoms in total. The van der Waals surface area contributed by atoms with E-state index in [0.717, 1.165) is 11.3 Å². The van der Waals surface area contributed by atoms with Gasteiger partial charge in [0.1, 0.15) is 22.8 Å². The molecule has 27 heteroatoms. The maximum atomic E-state index is 14.5. The summed E-state index contributed by atoms with van der Waals surface area (Å²) in [4.78, 5) is 156. The van der Waals surface area contributed by atoms with Crippen LogP contribution in [0.5, 0.6) is 5.75 Å². The highest BCUT2D eigenvalue weighted by Gasteiger charge is 2.40. The Morgan fingerprint density at radius 1 is 0.796 bits per heavy atom. The van der Waals surface area contributed by atoms with Crippen molar-refractivity contribution in [3.05, 3.63) is 39.8 Å². The Morgan fingerprint density at radius 2 is 1.38 bits per heavy atom. The molecule has 98 heavy (non-hydrogen) atoms. The first-order chi connectivity index (χ1) is 45.5. The van der Waals surface area contributed by atoms with Crippen molar-refractivity contribution in [3.63, 3.8) is 0 Å². The molecule has 1 aliphatic heterocycles. The largest absolute Gasteiger partial charge is 0.481 e. The number of aliphatic carboxylic acids is 1. The van der Waals surface area contributed by atoms with Crippen LogP contribution < -0.4 is 42.0 Å². The maximum Gasteiger partial charge on any atom is 0.311 e. The molecule has 2 heterocycles. The van der Waals surface area contributed by atoms with Crippen molar-refractivity contribution in [1.82, 2.24) is 46.7 Å². The van der Waals surface area contributed by atoms with Crippen molar-refractivity contribution in [2.45, 2.75) is 211 Å². The lowest BCUT2D eigenvalue weighted by molar-refractivity contribution is -0.149. The van der Waals surface area contributed by atoms with E-state index in [4.69, 9.17) is 18.9 Å². The Morgan fingerprint density at radius 3 is 1.94 bits per heavy atom. The number of carbonyl (C=O) groups excluding carboxylic acids is 10. The summed E-state index contributed by atoms with van der Waals surface area (Å²) in [6, 6.07) is 1.13. The van der Waals surface area contributed by atoms with E-state index in [2.05, 4.69) is 54.0 Å². The number of thiazole rings is 1. The van der Waals surface area contributed by atoms with E-state index >= 15 is 0 Å². The summed E-state index contributed by atoms with van der Waals surface area (Å²) in [5.41, 5.74) is -3.12. The Kier molecular flexibility index (Phi) is 33.0. The van der Waals surface area contributed by atoms with Crippen LogP contribution in [0.2, 0.25) is 0 Å². The number of hydrogen-bond donors (Lipinski definition) is 8. The first-order valence-electron chi connectivity index (χ1n) is 33.9. The van der Waals surface area contributed by atoms with Crippen molar-refractivity contribution in [2.75, 3.05) is 72.5 Å². The number of nitrogens with one attached hydrogen (secondary N) is 7. The van der Waals surface area contributed by atoms with Crippen LogP contribution >= 0.6 is 11.3 Å². The topological polar surface area (TPSA) is 348 Å². The van der Waals surface area contributed by atoms with Crippen molar-refractivity contribution < 1.29 is 76.8 Å². The molecular formula is C71H112N10O16S. The normalized spacial score (nSPS) is 22.8. The van der Waals surface area contributed by atoms with Crippen molar-refractivity contribution in [3.8, 4) is 17.6 Å². The minimum absolute atomic E-state index is 0.00830. The smallest absolute Gasteiger partial charge is 0.311 e. The van der Waals surface area contributed by atoms with Gasteiger partial charge in [0.2, 0.25) is 29.5 Å². The number of carboxylic acid groups (broad SMARTS) is 1. The first kappa shape index (κ1) is 84.7. The van der Waals surface area contributed by atoms with Gasteiger partial charge >= 0.3 is 17.9 Å². The molecule has 0 aliphatic carbocycles. The Labute approximate surface area is 583 Å². The summed E-state index contributed by atoms with van der Waals surface area (Å²) in [6.07, 6.45) is 0.998. The van der Waals surface area contributed by atoms with Crippen LogP contribution in [0.4, 0.5) is 5.69 Å². The number of amides is 8. The summed E-state index contributed by atoms with van der Waals surface area (Å²) in [6.45, 7) is 31.0. The molecule has 10 atom stereocenters. The second kappa shape index (κ2) is 38.2. The second-order valence-corrected chi connectivity index (χ2v) is 30.2. The molecule has 1 aromatic heterocycles. The van der Waals surface area contributed by atoms with Crippen LogP contribution in [-0.2, 0) is 68.6 Å². The Hall–Kier alpha value is -7.54. The molecule has 548 valence electrons. The number of carboxylic acids is 1. The predicted molar refractivity (Wildman–Crippen MR) is 373 cm³/mol. The number of hydrogen-bond acceptors (Lipinski definition) is 18. The molecule has 6 unspecified atom stereocenters. The quantitative estimate of drug-likeness (QED) is 0.0343. The third kappa shape index (κ3) is 27.3. The van der Waals surface area contributed by atoms with Gasteiger partial charge in [-0.3, -0.25) is 57.6 Å². The van der Waals surface area contributed by atoms with Gasteiger partial charge in [-0.2, -0.15) is 0 Å². The van der Waals surface area contributed by atoms with Crippen LogP contribution in [0, 0.1) is 51.3 Å². The SMILES string of the molecule is CC[C@H](C)[C@H](NC(=O)C(C)(C)N(C)C)C(=O)N(C)C(C[C@@H](OC(C)=O)c1nc(C(=O)N[C@@H](Cc2ccc3c(c2)NC(=O)CNC(=O)C(C)NC(=O)CC(C)(CC)COCC(C)(CC)CNC(=O)C#CC(=O)NCC(C)(C)COCC(C)(CC)CC(=O)O3)CC(C)C(=O)O)cs1)C(C)C. The third-order valence-corrected chi connectivity index (χ3v) is 19.7. The fourth-order valence-electron chi connectivity index (χ4n) is 10.4. The number of nitrogens with zero attached hydrogens (tertiary/aromatic N) is 3. The van der Waals surface area contributed by atoms with Crippen molar-refractivity contribution >= 4 is 82.2 Å². The van der Waals surface area contributed by atoms with E-state index in [1.165, 1.54) is 38.3 Å². The van der Waals surface area contributed by atoms with Crippen LogP contribution in [0.3, 0.4) is 0 Å². The average molecular weight is 1390 g/mol. The number of carbonyl (C=O) groups is 11. The molecule has 0 spiro atoms. The molecule has 1 aromatic carbocycles. The fourth-order valence-corrected chi connectivity index (χ4v) is 11.2. The van der Waals surface area contributed by atoms with Crippen LogP contribution in [0.25, 0.3) is 0 Å². The van der Waals surface area contributed by atoms with Gasteiger partial charge < -0.3 is 66.2 Å². The minimum Gasteiger partial charge on any atom is -0.481 e. The van der Waals surface area contributed by atoms with Gasteiger partial charge in [0.05, 0.1) is 56.5 Å². The summed E-state index contributed by atoms with van der Waals surface area (Å²) < 4.78 is 24.2. The van der Waals surface area contributed by atoms with Gasteiger partial charge in [0.25, 0.3) is 17.7 Å². The van der Waals surface area contributed by atoms with Crippen molar-refractivity contribution in [1.29, 1.82) is 0 Å². The zero-order valence-electron chi connectivity index (χ0n) is 61.6. The monoisotopic (exact) mass is 1390 g/mol. The molecule has 0 saturated carbocycles. The lowest BCUT2D eigenvalue weighted by Crippen LogP contribution is -2.60. The predicted octanol–water partition coefficient (Wildman–Crippen LogP) is 6.75. The van der Waals surface area contributed by atoms with Crippen LogP contribution in [0.15, 0.2) is 23.6 Å². The van der Waals surface area contributed by atoms with E-state index < -0.39 is 123 Å². The molecule has 0 radical (unpaired) electrons. The lowest BCUT2D eigenvalue weighted by atomic mass is 9.84. The Balaban J connectivity index is 2.03. The molecule has 0 saturated heterocycles. The molecular weight excluding hydrogens is 1280 g/mol. The first-order valence-corrected chi connectivity index (χ1v) is 34.8. The number of benzene rings is 1. The molecule has 2 aromatic rings. The van der Waals surface area contributed by atoms with E-state index in [-0.39, 0.29) is 117 Å². The molecule has 0 fully saturated rings. The van der Waals surface area contributed by atoms with Crippen LogP contribution in [0.1, 0.15) is 196 Å². The standard InChI is InChI=1S/C71H112N10O16S/c1-21-44(7)60(79-66(93)68(13,14)80(18)19)64(90)81(20)52(43(5)6)32-54(96-47(10)82)63-78-51(36-98-63)62(89)76-49(29-45(8)65(91)92)30-48-25-26-53-50(31-48)77-58(86)35-72-61(88)46(9)75-57(85)33-69(15,22-2)40-95-42-71(17,24-4)38-74-56(84)28-27-55(83)73-37-67(11,12)39-94-41-70(16,23-3)34-59(87)97-53/h25-26,31,36,43-46,49,52,54,60H,21-24,29-30,32-35,37-42H2,1-20H3,(H,72,88)(H,73,83)(H,74,84)(H,75,85)(H,76,89)(H,77,86)(H,79,93)(H,91,92)/t44-,45?,46?,49+,52?,54+,60-,69?,70?,71?/m0/s1.